The zero-order valence-electron chi connectivity index (χ0n) is 10.3. The minimum Gasteiger partial charge on any atom is -0.406 e. The molecule has 7 heteroatoms. The van der Waals surface area contributed by atoms with Crippen LogP contribution in [0.5, 0.6) is 5.75 Å². The molecule has 0 heterocycles. The fourth-order valence-electron chi connectivity index (χ4n) is 1.35. The molecular weight excluding hydrogens is 261 g/mol. The average Bonchev–Trinajstić information content (AvgIpc) is 2.29. The lowest BCUT2D eigenvalue weighted by Gasteiger charge is -2.11. The number of amides is 1. The van der Waals surface area contributed by atoms with Crippen molar-refractivity contribution in [3.63, 3.8) is 0 Å². The van der Waals surface area contributed by atoms with Crippen LogP contribution in [0.25, 0.3) is 0 Å². The molecule has 0 aliphatic rings. The van der Waals surface area contributed by atoms with Crippen molar-refractivity contribution in [2.24, 2.45) is 11.7 Å². The lowest BCUT2D eigenvalue weighted by molar-refractivity contribution is -0.274. The van der Waals surface area contributed by atoms with Crippen LogP contribution in [0.3, 0.4) is 0 Å². The standard InChI is InChI=1S/C12H15F3N2O2/c1-8(11(16)18)6-7-17-9-2-4-10(5-3-9)19-12(13,14)15/h2-5,8,17H,6-7H2,1H3,(H2,16,18)/t8-/m0/s1. The van der Waals surface area contributed by atoms with Gasteiger partial charge in [0.2, 0.25) is 5.91 Å². The molecule has 0 aliphatic carbocycles. The molecule has 19 heavy (non-hydrogen) atoms. The van der Waals surface area contributed by atoms with Gasteiger partial charge in [-0.25, -0.2) is 0 Å². The molecule has 0 radical (unpaired) electrons. The van der Waals surface area contributed by atoms with Crippen LogP contribution in [-0.2, 0) is 4.79 Å². The maximum atomic E-state index is 11.9. The summed E-state index contributed by atoms with van der Waals surface area (Å²) in [5.74, 6) is -0.903. The Morgan fingerprint density at radius 2 is 1.95 bits per heavy atom. The molecule has 0 spiro atoms. The molecule has 1 atom stereocenters. The number of hydrogen-bond donors (Lipinski definition) is 2. The van der Waals surface area contributed by atoms with Crippen molar-refractivity contribution < 1.29 is 22.7 Å². The molecule has 0 saturated carbocycles. The van der Waals surface area contributed by atoms with Crippen molar-refractivity contribution in [3.05, 3.63) is 24.3 Å². The van der Waals surface area contributed by atoms with Gasteiger partial charge in [0.1, 0.15) is 5.75 Å². The summed E-state index contributed by atoms with van der Waals surface area (Å²) in [7, 11) is 0. The van der Waals surface area contributed by atoms with Crippen LogP contribution in [0, 0.1) is 5.92 Å². The number of carbonyl (C=O) groups is 1. The van der Waals surface area contributed by atoms with Gasteiger partial charge in [0.15, 0.2) is 0 Å². The average molecular weight is 276 g/mol. The first-order chi connectivity index (χ1) is 8.78. The van der Waals surface area contributed by atoms with Crippen molar-refractivity contribution in [2.75, 3.05) is 11.9 Å². The number of primary amides is 1. The van der Waals surface area contributed by atoms with Gasteiger partial charge in [-0.15, -0.1) is 13.2 Å². The molecule has 0 unspecified atom stereocenters. The molecule has 1 aromatic rings. The Bertz CT molecular complexity index is 418. The minimum absolute atomic E-state index is 0.250. The number of ether oxygens (including phenoxy) is 1. The van der Waals surface area contributed by atoms with E-state index in [1.807, 2.05) is 0 Å². The van der Waals surface area contributed by atoms with Gasteiger partial charge in [-0.05, 0) is 30.7 Å². The van der Waals surface area contributed by atoms with Gasteiger partial charge in [0, 0.05) is 18.2 Å². The van der Waals surface area contributed by atoms with Crippen LogP contribution in [-0.4, -0.2) is 18.8 Å². The second kappa shape index (κ2) is 6.31. The lowest BCUT2D eigenvalue weighted by atomic mass is 10.1. The quantitative estimate of drug-likeness (QED) is 0.839. The van der Waals surface area contributed by atoms with Crippen LogP contribution in [0.2, 0.25) is 0 Å². The Labute approximate surface area is 108 Å². The number of alkyl halides is 3. The Morgan fingerprint density at radius 1 is 1.37 bits per heavy atom. The molecule has 0 fully saturated rings. The second-order valence-corrected chi connectivity index (χ2v) is 4.09. The monoisotopic (exact) mass is 276 g/mol. The highest BCUT2D eigenvalue weighted by molar-refractivity contribution is 5.76. The molecule has 1 aromatic carbocycles. The third-order valence-electron chi connectivity index (χ3n) is 2.48. The number of nitrogens with two attached hydrogens (primary N) is 1. The molecule has 0 aliphatic heterocycles. The Balaban J connectivity index is 2.42. The number of carbonyl (C=O) groups excluding carboxylic acids is 1. The van der Waals surface area contributed by atoms with E-state index in [1.54, 1.807) is 6.92 Å². The maximum Gasteiger partial charge on any atom is 0.573 e. The van der Waals surface area contributed by atoms with E-state index in [2.05, 4.69) is 10.1 Å². The predicted molar refractivity (Wildman–Crippen MR) is 64.6 cm³/mol. The largest absolute Gasteiger partial charge is 0.573 e. The van der Waals surface area contributed by atoms with E-state index in [1.165, 1.54) is 24.3 Å². The van der Waals surface area contributed by atoms with Gasteiger partial charge in [0.05, 0.1) is 0 Å². The van der Waals surface area contributed by atoms with Gasteiger partial charge in [-0.3, -0.25) is 4.79 Å². The zero-order valence-corrected chi connectivity index (χ0v) is 10.3. The highest BCUT2D eigenvalue weighted by Gasteiger charge is 2.30. The highest BCUT2D eigenvalue weighted by Crippen LogP contribution is 2.23. The van der Waals surface area contributed by atoms with E-state index in [0.29, 0.717) is 18.7 Å². The van der Waals surface area contributed by atoms with Gasteiger partial charge in [-0.1, -0.05) is 6.92 Å². The summed E-state index contributed by atoms with van der Waals surface area (Å²) in [6, 6.07) is 5.37. The fourth-order valence-corrected chi connectivity index (χ4v) is 1.35. The van der Waals surface area contributed by atoms with E-state index in [4.69, 9.17) is 5.73 Å². The predicted octanol–water partition coefficient (Wildman–Crippen LogP) is 2.51. The number of rotatable bonds is 6. The van der Waals surface area contributed by atoms with Crippen molar-refractivity contribution in [3.8, 4) is 5.75 Å². The molecule has 0 bridgehead atoms. The molecule has 106 valence electrons. The number of nitrogens with one attached hydrogen (secondary N) is 1. The van der Waals surface area contributed by atoms with E-state index >= 15 is 0 Å². The zero-order chi connectivity index (χ0) is 14.5. The molecule has 4 nitrogen and oxygen atoms in total. The van der Waals surface area contributed by atoms with Gasteiger partial charge < -0.3 is 15.8 Å². The van der Waals surface area contributed by atoms with E-state index in [9.17, 15) is 18.0 Å². The molecule has 0 aromatic heterocycles. The summed E-state index contributed by atoms with van der Waals surface area (Å²) in [4.78, 5) is 10.8. The summed E-state index contributed by atoms with van der Waals surface area (Å²) in [6.45, 7) is 2.22. The van der Waals surface area contributed by atoms with Crippen LogP contribution >= 0.6 is 0 Å². The van der Waals surface area contributed by atoms with Crippen molar-refractivity contribution in [1.29, 1.82) is 0 Å². The van der Waals surface area contributed by atoms with Gasteiger partial charge in [0.25, 0.3) is 0 Å². The summed E-state index contributed by atoms with van der Waals surface area (Å²) < 4.78 is 39.5. The molecule has 1 rings (SSSR count). The summed E-state index contributed by atoms with van der Waals surface area (Å²) in [5, 5.41) is 2.98. The lowest BCUT2D eigenvalue weighted by Crippen LogP contribution is -2.22. The maximum absolute atomic E-state index is 11.9. The third kappa shape index (κ3) is 5.98. The Kier molecular flexibility index (Phi) is 5.02. The number of hydrogen-bond acceptors (Lipinski definition) is 3. The third-order valence-corrected chi connectivity index (χ3v) is 2.48. The van der Waals surface area contributed by atoms with Gasteiger partial charge in [-0.2, -0.15) is 0 Å². The Morgan fingerprint density at radius 3 is 2.42 bits per heavy atom. The fraction of sp³-hybridized carbons (Fsp3) is 0.417. The summed E-state index contributed by atoms with van der Waals surface area (Å²) >= 11 is 0. The van der Waals surface area contributed by atoms with Crippen LogP contribution < -0.4 is 15.8 Å². The van der Waals surface area contributed by atoms with Gasteiger partial charge >= 0.3 is 6.36 Å². The normalized spacial score (nSPS) is 12.8. The van der Waals surface area contributed by atoms with E-state index < -0.39 is 6.36 Å². The number of benzene rings is 1. The van der Waals surface area contributed by atoms with Crippen LogP contribution in [0.1, 0.15) is 13.3 Å². The first-order valence-corrected chi connectivity index (χ1v) is 5.67. The molecular formula is C12H15F3N2O2. The smallest absolute Gasteiger partial charge is 0.406 e. The second-order valence-electron chi connectivity index (χ2n) is 4.09. The SMILES string of the molecule is C[C@@H](CCNc1ccc(OC(F)(F)F)cc1)C(N)=O. The van der Waals surface area contributed by atoms with Crippen LogP contribution in [0.4, 0.5) is 18.9 Å². The number of anilines is 1. The summed E-state index contributed by atoms with van der Waals surface area (Å²) in [6.07, 6.45) is -4.14. The first kappa shape index (κ1) is 15.1. The number of halogens is 3. The Hall–Kier alpha value is -1.92. The first-order valence-electron chi connectivity index (χ1n) is 5.67. The topological polar surface area (TPSA) is 64.3 Å². The molecule has 0 saturated heterocycles. The highest BCUT2D eigenvalue weighted by atomic mass is 19.4. The minimum atomic E-state index is -4.69. The van der Waals surface area contributed by atoms with Crippen LogP contribution in [0.15, 0.2) is 24.3 Å². The molecule has 3 N–H and O–H groups in total. The summed E-state index contributed by atoms with van der Waals surface area (Å²) in [5.41, 5.74) is 5.75. The van der Waals surface area contributed by atoms with Crippen molar-refractivity contribution in [1.82, 2.24) is 0 Å². The van der Waals surface area contributed by atoms with E-state index in [-0.39, 0.29) is 17.6 Å². The van der Waals surface area contributed by atoms with Crippen molar-refractivity contribution in [2.45, 2.75) is 19.7 Å². The van der Waals surface area contributed by atoms with Crippen molar-refractivity contribution >= 4 is 11.6 Å². The molecule has 1 amide bonds. The van der Waals surface area contributed by atoms with E-state index in [0.717, 1.165) is 0 Å².